The third-order valence-corrected chi connectivity index (χ3v) is 5.98. The maximum Gasteiger partial charge on any atom is 0.341 e. The predicted octanol–water partition coefficient (Wildman–Crippen LogP) is 3.62. The highest BCUT2D eigenvalue weighted by Crippen LogP contribution is 2.44. The molecule has 3 rings (SSSR count). The van der Waals surface area contributed by atoms with Crippen LogP contribution in [-0.2, 0) is 20.7 Å². The Bertz CT molecular complexity index is 844. The van der Waals surface area contributed by atoms with Gasteiger partial charge in [0.05, 0.1) is 30.2 Å². The summed E-state index contributed by atoms with van der Waals surface area (Å²) in [7, 11) is 0. The quantitative estimate of drug-likeness (QED) is 0.734. The molecule has 1 atom stereocenters. The molecule has 0 radical (unpaired) electrons. The van der Waals surface area contributed by atoms with Gasteiger partial charge in [-0.25, -0.2) is 9.78 Å². The zero-order chi connectivity index (χ0) is 19.4. The number of ether oxygens (including phenoxy) is 2. The molecule has 144 valence electrons. The molecular weight excluding hydrogens is 388 g/mol. The molecule has 0 spiro atoms. The van der Waals surface area contributed by atoms with Crippen LogP contribution in [0.1, 0.15) is 63.9 Å². The van der Waals surface area contributed by atoms with Crippen LogP contribution in [0.25, 0.3) is 0 Å². The lowest BCUT2D eigenvalue weighted by molar-refractivity contribution is -0.145. The van der Waals surface area contributed by atoms with Crippen molar-refractivity contribution in [1.29, 1.82) is 0 Å². The number of amides is 1. The van der Waals surface area contributed by atoms with Crippen molar-refractivity contribution in [2.75, 3.05) is 18.5 Å². The number of esters is 2. The summed E-state index contributed by atoms with van der Waals surface area (Å²) in [6.07, 6.45) is 2.17. The van der Waals surface area contributed by atoms with Gasteiger partial charge in [-0.15, -0.1) is 22.7 Å². The largest absolute Gasteiger partial charge is 0.466 e. The van der Waals surface area contributed by atoms with Crippen molar-refractivity contribution >= 4 is 45.5 Å². The van der Waals surface area contributed by atoms with Crippen molar-refractivity contribution in [3.8, 4) is 0 Å². The molecule has 27 heavy (non-hydrogen) atoms. The summed E-state index contributed by atoms with van der Waals surface area (Å²) in [5.74, 6) is -1.80. The highest BCUT2D eigenvalue weighted by atomic mass is 32.1. The van der Waals surface area contributed by atoms with Crippen molar-refractivity contribution in [2.24, 2.45) is 0 Å². The van der Waals surface area contributed by atoms with Crippen molar-refractivity contribution in [2.45, 2.75) is 39.0 Å². The second kappa shape index (κ2) is 8.62. The van der Waals surface area contributed by atoms with Gasteiger partial charge < -0.3 is 14.8 Å². The minimum atomic E-state index is -0.542. The number of aromatic nitrogens is 1. The van der Waals surface area contributed by atoms with Gasteiger partial charge >= 0.3 is 11.9 Å². The smallest absolute Gasteiger partial charge is 0.341 e. The maximum atomic E-state index is 12.7. The van der Waals surface area contributed by atoms with Crippen molar-refractivity contribution in [3.05, 3.63) is 32.6 Å². The standard InChI is InChI=1S/C18H20N2O5S2/c1-3-24-17(22)10-6-5-7-12-13(10)14(18(23)25-4-2)16(27-12)20-15(21)11-8-26-9-19-11/h8-10H,3-7H2,1-2H3,(H,20,21). The first-order valence-electron chi connectivity index (χ1n) is 8.75. The molecule has 7 nitrogen and oxygen atoms in total. The second-order valence-electron chi connectivity index (χ2n) is 5.89. The Hall–Kier alpha value is -2.26. The lowest BCUT2D eigenvalue weighted by atomic mass is 9.85. The summed E-state index contributed by atoms with van der Waals surface area (Å²) < 4.78 is 10.4. The van der Waals surface area contributed by atoms with Gasteiger partial charge in [0.25, 0.3) is 5.91 Å². The molecule has 0 saturated carbocycles. The normalized spacial score (nSPS) is 15.7. The highest BCUT2D eigenvalue weighted by molar-refractivity contribution is 7.17. The fraction of sp³-hybridized carbons (Fsp3) is 0.444. The first-order chi connectivity index (χ1) is 13.1. The first kappa shape index (κ1) is 19.5. The van der Waals surface area contributed by atoms with Gasteiger partial charge in [-0.2, -0.15) is 0 Å². The van der Waals surface area contributed by atoms with Gasteiger partial charge in [0.2, 0.25) is 0 Å². The summed E-state index contributed by atoms with van der Waals surface area (Å²) in [5.41, 5.74) is 2.75. The van der Waals surface area contributed by atoms with Crippen LogP contribution in [0.15, 0.2) is 10.9 Å². The summed E-state index contributed by atoms with van der Waals surface area (Å²) in [6.45, 7) is 3.94. The first-order valence-corrected chi connectivity index (χ1v) is 10.5. The SMILES string of the molecule is CCOC(=O)c1c(NC(=O)c2cscn2)sc2c1C(C(=O)OCC)CCC2. The number of rotatable bonds is 6. The molecule has 9 heteroatoms. The van der Waals surface area contributed by atoms with Crippen LogP contribution in [0.4, 0.5) is 5.00 Å². The van der Waals surface area contributed by atoms with E-state index in [2.05, 4.69) is 10.3 Å². The Labute approximate surface area is 164 Å². The summed E-state index contributed by atoms with van der Waals surface area (Å²) in [6, 6.07) is 0. The molecule has 0 aliphatic heterocycles. The van der Waals surface area contributed by atoms with E-state index in [9.17, 15) is 14.4 Å². The van der Waals surface area contributed by atoms with Crippen LogP contribution in [0, 0.1) is 0 Å². The number of fused-ring (bicyclic) bond motifs is 1. The third-order valence-electron chi connectivity index (χ3n) is 4.21. The number of thiazole rings is 1. The van der Waals surface area contributed by atoms with Crippen LogP contribution in [-0.4, -0.2) is 36.0 Å². The molecule has 0 fully saturated rings. The lowest BCUT2D eigenvalue weighted by Crippen LogP contribution is -2.23. The molecule has 0 aromatic carbocycles. The molecule has 2 heterocycles. The van der Waals surface area contributed by atoms with Crippen molar-refractivity contribution in [3.63, 3.8) is 0 Å². The fourth-order valence-electron chi connectivity index (χ4n) is 3.12. The molecule has 2 aromatic heterocycles. The zero-order valence-electron chi connectivity index (χ0n) is 15.1. The number of anilines is 1. The van der Waals surface area contributed by atoms with Gasteiger partial charge in [-0.05, 0) is 38.7 Å². The van der Waals surface area contributed by atoms with Gasteiger partial charge in [-0.1, -0.05) is 0 Å². The van der Waals surface area contributed by atoms with Crippen molar-refractivity contribution < 1.29 is 23.9 Å². The van der Waals surface area contributed by atoms with E-state index in [1.807, 2.05) is 0 Å². The van der Waals surface area contributed by atoms with E-state index in [-0.39, 0.29) is 30.4 Å². The number of aryl methyl sites for hydroxylation is 1. The summed E-state index contributed by atoms with van der Waals surface area (Å²) in [5, 5.41) is 4.80. The average molecular weight is 409 g/mol. The number of hydrogen-bond donors (Lipinski definition) is 1. The molecule has 1 aliphatic carbocycles. The minimum absolute atomic E-state index is 0.201. The van der Waals surface area contributed by atoms with Crippen molar-refractivity contribution in [1.82, 2.24) is 4.98 Å². The number of carbonyl (C=O) groups is 3. The number of nitrogens with one attached hydrogen (secondary N) is 1. The third kappa shape index (κ3) is 4.03. The Kier molecular flexibility index (Phi) is 6.22. The minimum Gasteiger partial charge on any atom is -0.466 e. The van der Waals surface area contributed by atoms with Gasteiger partial charge in [0.15, 0.2) is 0 Å². The number of carbonyl (C=O) groups excluding carboxylic acids is 3. The topological polar surface area (TPSA) is 94.6 Å². The Balaban J connectivity index is 2.02. The van der Waals surface area contributed by atoms with Crippen LogP contribution in [0.5, 0.6) is 0 Å². The van der Waals surface area contributed by atoms with Gasteiger partial charge in [-0.3, -0.25) is 9.59 Å². The second-order valence-corrected chi connectivity index (χ2v) is 7.71. The van der Waals surface area contributed by atoms with E-state index in [1.54, 1.807) is 24.7 Å². The van der Waals surface area contributed by atoms with Crippen LogP contribution in [0.3, 0.4) is 0 Å². The molecule has 1 unspecified atom stereocenters. The lowest BCUT2D eigenvalue weighted by Gasteiger charge is -2.22. The molecule has 2 aromatic rings. The highest BCUT2D eigenvalue weighted by Gasteiger charge is 2.37. The molecule has 0 saturated heterocycles. The van der Waals surface area contributed by atoms with Crippen LogP contribution in [0.2, 0.25) is 0 Å². The van der Waals surface area contributed by atoms with Crippen LogP contribution < -0.4 is 5.32 Å². The van der Waals surface area contributed by atoms with Crippen LogP contribution >= 0.6 is 22.7 Å². The Morgan fingerprint density at radius 2 is 2.04 bits per heavy atom. The summed E-state index contributed by atoms with van der Waals surface area (Å²) >= 11 is 2.63. The Morgan fingerprint density at radius 1 is 1.26 bits per heavy atom. The molecule has 1 aliphatic rings. The van der Waals surface area contributed by atoms with E-state index < -0.39 is 17.8 Å². The van der Waals surface area contributed by atoms with E-state index >= 15 is 0 Å². The van der Waals surface area contributed by atoms with Gasteiger partial charge in [0, 0.05) is 10.3 Å². The van der Waals surface area contributed by atoms with Gasteiger partial charge in [0.1, 0.15) is 10.7 Å². The van der Waals surface area contributed by atoms with E-state index in [1.165, 1.54) is 22.7 Å². The number of thiophene rings is 1. The molecule has 1 amide bonds. The zero-order valence-corrected chi connectivity index (χ0v) is 16.7. The van der Waals surface area contributed by atoms with E-state index in [0.29, 0.717) is 17.0 Å². The predicted molar refractivity (Wildman–Crippen MR) is 103 cm³/mol. The number of nitrogens with zero attached hydrogens (tertiary/aromatic N) is 1. The Morgan fingerprint density at radius 3 is 2.70 bits per heavy atom. The number of hydrogen-bond acceptors (Lipinski definition) is 8. The summed E-state index contributed by atoms with van der Waals surface area (Å²) in [4.78, 5) is 42.4. The molecule has 0 bridgehead atoms. The van der Waals surface area contributed by atoms with E-state index in [0.717, 1.165) is 17.7 Å². The molecular formula is C18H20N2O5S2. The average Bonchev–Trinajstić information content (AvgIpc) is 3.29. The molecule has 1 N–H and O–H groups in total. The van der Waals surface area contributed by atoms with E-state index in [4.69, 9.17) is 9.47 Å². The maximum absolute atomic E-state index is 12.7. The monoisotopic (exact) mass is 408 g/mol. The fourth-order valence-corrected chi connectivity index (χ4v) is 4.94.